The number of hydrogen-bond donors (Lipinski definition) is 0. The third kappa shape index (κ3) is 4.40. The van der Waals surface area contributed by atoms with E-state index in [4.69, 9.17) is 9.47 Å². The van der Waals surface area contributed by atoms with Gasteiger partial charge in [-0.25, -0.2) is 8.78 Å². The van der Waals surface area contributed by atoms with E-state index in [0.717, 1.165) is 32.3 Å². The Balaban J connectivity index is 1.77. The number of ketones is 1. The average Bonchev–Trinajstić information content (AvgIpc) is 3.07. The molecule has 5 nitrogen and oxygen atoms in total. The topological polar surface area (TPSA) is 43.7 Å². The normalized spacial score (nSPS) is 15.3. The molecule has 1 saturated heterocycles. The number of rotatable bonds is 7. The van der Waals surface area contributed by atoms with Crippen LogP contribution in [0.3, 0.4) is 0 Å². The van der Waals surface area contributed by atoms with Crippen molar-refractivity contribution in [3.63, 3.8) is 0 Å². The van der Waals surface area contributed by atoms with Gasteiger partial charge in [-0.3, -0.25) is 9.69 Å². The fourth-order valence-corrected chi connectivity index (χ4v) is 4.28. The van der Waals surface area contributed by atoms with E-state index in [-0.39, 0.29) is 11.3 Å². The highest BCUT2D eigenvalue weighted by molar-refractivity contribution is 6.17. The molecule has 0 atom stereocenters. The van der Waals surface area contributed by atoms with Crippen LogP contribution < -0.4 is 4.74 Å². The number of methoxy groups -OCH3 is 1. The summed E-state index contributed by atoms with van der Waals surface area (Å²) in [6.07, 6.45) is 0. The number of carbonyl (C=O) groups excluding carboxylic acids is 1. The second kappa shape index (κ2) is 9.00. The second-order valence-corrected chi connectivity index (χ2v) is 8.24. The van der Waals surface area contributed by atoms with Crippen molar-refractivity contribution in [2.24, 2.45) is 0 Å². The smallest absolute Gasteiger partial charge is 0.270 e. The summed E-state index contributed by atoms with van der Waals surface area (Å²) in [4.78, 5) is 15.7. The summed E-state index contributed by atoms with van der Waals surface area (Å²) in [6.45, 7) is 7.22. The molecule has 0 amide bonds. The van der Waals surface area contributed by atoms with Crippen molar-refractivity contribution in [3.8, 4) is 5.75 Å². The monoisotopic (exact) mass is 442 g/mol. The standard InChI is InChI=1S/C25H28F2N2O3/c1-17-23(24(30)18-4-7-20(31-3)8-5-18)21-9-6-19(25(2,26)27)16-22(21)29(17)11-10-28-12-14-32-15-13-28/h4-9,16H,10-15H2,1-3H3. The first-order valence-electron chi connectivity index (χ1n) is 10.8. The lowest BCUT2D eigenvalue weighted by atomic mass is 9.99. The van der Waals surface area contributed by atoms with Crippen LogP contribution in [0, 0.1) is 6.92 Å². The zero-order valence-electron chi connectivity index (χ0n) is 18.7. The molecule has 1 aromatic heterocycles. The summed E-state index contributed by atoms with van der Waals surface area (Å²) in [6, 6.07) is 11.5. The summed E-state index contributed by atoms with van der Waals surface area (Å²) in [5.74, 6) is -2.42. The Morgan fingerprint density at radius 2 is 1.78 bits per heavy atom. The first-order valence-corrected chi connectivity index (χ1v) is 10.8. The molecule has 1 fully saturated rings. The van der Waals surface area contributed by atoms with Gasteiger partial charge < -0.3 is 14.0 Å². The lowest BCUT2D eigenvalue weighted by Crippen LogP contribution is -2.38. The zero-order chi connectivity index (χ0) is 22.9. The minimum Gasteiger partial charge on any atom is -0.497 e. The number of carbonyl (C=O) groups is 1. The van der Waals surface area contributed by atoms with Crippen molar-refractivity contribution < 1.29 is 23.0 Å². The Morgan fingerprint density at radius 1 is 1.09 bits per heavy atom. The number of benzene rings is 2. The first kappa shape index (κ1) is 22.4. The Hall–Kier alpha value is -2.77. The van der Waals surface area contributed by atoms with E-state index >= 15 is 0 Å². The van der Waals surface area contributed by atoms with E-state index < -0.39 is 5.92 Å². The molecule has 4 rings (SSSR count). The highest BCUT2D eigenvalue weighted by Crippen LogP contribution is 2.34. The highest BCUT2D eigenvalue weighted by atomic mass is 19.3. The van der Waals surface area contributed by atoms with Crippen LogP contribution in [0.15, 0.2) is 42.5 Å². The van der Waals surface area contributed by atoms with Crippen molar-refractivity contribution in [1.82, 2.24) is 9.47 Å². The summed E-state index contributed by atoms with van der Waals surface area (Å²) in [7, 11) is 1.57. The van der Waals surface area contributed by atoms with Gasteiger partial charge in [0.2, 0.25) is 0 Å². The number of hydrogen-bond acceptors (Lipinski definition) is 4. The summed E-state index contributed by atoms with van der Waals surface area (Å²) in [5, 5.41) is 0.693. The van der Waals surface area contributed by atoms with Crippen LogP contribution in [0.5, 0.6) is 5.75 Å². The Kier molecular flexibility index (Phi) is 6.31. The van der Waals surface area contributed by atoms with E-state index in [1.165, 1.54) is 12.1 Å². The predicted octanol–water partition coefficient (Wildman–Crippen LogP) is 4.63. The van der Waals surface area contributed by atoms with Crippen molar-refractivity contribution in [2.45, 2.75) is 26.3 Å². The lowest BCUT2D eigenvalue weighted by Gasteiger charge is -2.27. The van der Waals surface area contributed by atoms with E-state index in [9.17, 15) is 13.6 Å². The second-order valence-electron chi connectivity index (χ2n) is 8.24. The quantitative estimate of drug-likeness (QED) is 0.501. The lowest BCUT2D eigenvalue weighted by molar-refractivity contribution is 0.0175. The van der Waals surface area contributed by atoms with Crippen molar-refractivity contribution in [3.05, 3.63) is 64.8 Å². The van der Waals surface area contributed by atoms with E-state index in [2.05, 4.69) is 4.90 Å². The van der Waals surface area contributed by atoms with Gasteiger partial charge in [-0.15, -0.1) is 0 Å². The maximum Gasteiger partial charge on any atom is 0.270 e. The zero-order valence-corrected chi connectivity index (χ0v) is 18.7. The molecule has 0 aliphatic carbocycles. The van der Waals surface area contributed by atoms with Gasteiger partial charge in [-0.1, -0.05) is 12.1 Å². The first-order chi connectivity index (χ1) is 15.3. The molecular weight excluding hydrogens is 414 g/mol. The van der Waals surface area contributed by atoms with Gasteiger partial charge in [-0.2, -0.15) is 0 Å². The van der Waals surface area contributed by atoms with Gasteiger partial charge in [0.1, 0.15) is 5.75 Å². The molecule has 0 saturated carbocycles. The Labute approximate surface area is 186 Å². The molecule has 0 radical (unpaired) electrons. The number of fused-ring (bicyclic) bond motifs is 1. The van der Waals surface area contributed by atoms with Gasteiger partial charge in [0.15, 0.2) is 5.78 Å². The minimum atomic E-state index is -2.96. The SMILES string of the molecule is COc1ccc(C(=O)c2c(C)n(CCN3CCOCC3)c3cc(C(C)(F)F)ccc23)cc1. The number of nitrogens with zero attached hydrogens (tertiary/aromatic N) is 2. The third-order valence-corrected chi connectivity index (χ3v) is 6.15. The maximum absolute atomic E-state index is 14.1. The number of morpholine rings is 1. The molecule has 3 aromatic rings. The summed E-state index contributed by atoms with van der Waals surface area (Å²) < 4.78 is 40.8. The molecule has 1 aliphatic heterocycles. The molecule has 0 spiro atoms. The molecule has 2 aromatic carbocycles. The summed E-state index contributed by atoms with van der Waals surface area (Å²) in [5.41, 5.74) is 2.47. The maximum atomic E-state index is 14.1. The Morgan fingerprint density at radius 3 is 2.41 bits per heavy atom. The number of alkyl halides is 2. The number of ether oxygens (including phenoxy) is 2. The minimum absolute atomic E-state index is 0.0569. The van der Waals surface area contributed by atoms with Gasteiger partial charge in [-0.05, 0) is 37.3 Å². The van der Waals surface area contributed by atoms with E-state index in [1.54, 1.807) is 37.4 Å². The number of halogens is 2. The molecule has 7 heteroatoms. The van der Waals surface area contributed by atoms with Crippen molar-refractivity contribution >= 4 is 16.7 Å². The van der Waals surface area contributed by atoms with Gasteiger partial charge in [0.25, 0.3) is 5.92 Å². The molecule has 1 aliphatic rings. The molecule has 2 heterocycles. The largest absolute Gasteiger partial charge is 0.497 e. The molecular formula is C25H28F2N2O3. The fourth-order valence-electron chi connectivity index (χ4n) is 4.28. The summed E-state index contributed by atoms with van der Waals surface area (Å²) >= 11 is 0. The van der Waals surface area contributed by atoms with Crippen LogP contribution >= 0.6 is 0 Å². The van der Waals surface area contributed by atoms with Crippen LogP contribution in [0.4, 0.5) is 8.78 Å². The van der Waals surface area contributed by atoms with Crippen LogP contribution in [-0.4, -0.2) is 55.2 Å². The molecule has 0 bridgehead atoms. The van der Waals surface area contributed by atoms with Gasteiger partial charge in [0.05, 0.1) is 25.9 Å². The van der Waals surface area contributed by atoms with E-state index in [1.807, 2.05) is 11.5 Å². The Bertz CT molecular complexity index is 1110. The fraction of sp³-hybridized carbons (Fsp3) is 0.400. The van der Waals surface area contributed by atoms with Crippen molar-refractivity contribution in [2.75, 3.05) is 40.0 Å². The van der Waals surface area contributed by atoms with E-state index in [0.29, 0.717) is 47.5 Å². The number of aromatic nitrogens is 1. The molecule has 0 N–H and O–H groups in total. The van der Waals surface area contributed by atoms with Gasteiger partial charge in [0, 0.05) is 60.8 Å². The van der Waals surface area contributed by atoms with Crippen LogP contribution in [0.25, 0.3) is 10.9 Å². The molecule has 170 valence electrons. The van der Waals surface area contributed by atoms with Crippen LogP contribution in [0.2, 0.25) is 0 Å². The average molecular weight is 443 g/mol. The van der Waals surface area contributed by atoms with Crippen LogP contribution in [0.1, 0.15) is 34.1 Å². The van der Waals surface area contributed by atoms with Gasteiger partial charge >= 0.3 is 0 Å². The van der Waals surface area contributed by atoms with Crippen molar-refractivity contribution in [1.29, 1.82) is 0 Å². The molecule has 0 unspecified atom stereocenters. The molecule has 32 heavy (non-hydrogen) atoms. The highest BCUT2D eigenvalue weighted by Gasteiger charge is 2.27. The third-order valence-electron chi connectivity index (χ3n) is 6.15. The van der Waals surface area contributed by atoms with Crippen LogP contribution in [-0.2, 0) is 17.2 Å². The predicted molar refractivity (Wildman–Crippen MR) is 120 cm³/mol.